The highest BCUT2D eigenvalue weighted by Crippen LogP contribution is 2.58. The van der Waals surface area contributed by atoms with Crippen LogP contribution in [0.5, 0.6) is 0 Å². The van der Waals surface area contributed by atoms with Crippen molar-refractivity contribution in [2.24, 2.45) is 23.7 Å². The normalized spacial score (nSPS) is 41.2. The smallest absolute Gasteiger partial charge is 0.226 e. The maximum atomic E-state index is 12.3. The second kappa shape index (κ2) is 4.02. The fraction of sp³-hybridized carbons (Fsp3) is 0.923. The number of rotatable bonds is 3. The second-order valence-electron chi connectivity index (χ2n) is 5.78. The van der Waals surface area contributed by atoms with Gasteiger partial charge in [0.05, 0.1) is 0 Å². The van der Waals surface area contributed by atoms with E-state index in [1.807, 2.05) is 7.05 Å². The average Bonchev–Trinajstić information content (AvgIpc) is 2.73. The Kier molecular flexibility index (Phi) is 2.66. The zero-order chi connectivity index (χ0) is 11.1. The number of carbonyl (C=O) groups is 1. The molecule has 3 atom stereocenters. The van der Waals surface area contributed by atoms with Crippen LogP contribution in [-0.2, 0) is 4.79 Å². The van der Waals surface area contributed by atoms with Gasteiger partial charge in [0.15, 0.2) is 0 Å². The molecule has 1 heterocycles. The predicted molar refractivity (Wildman–Crippen MR) is 62.9 cm³/mol. The molecule has 16 heavy (non-hydrogen) atoms. The SMILES string of the molecule is CNCC1CCN(C(=O)C2C3CCCC32)C1. The summed E-state index contributed by atoms with van der Waals surface area (Å²) in [6.45, 7) is 3.05. The van der Waals surface area contributed by atoms with Gasteiger partial charge in [-0.2, -0.15) is 0 Å². The highest BCUT2D eigenvalue weighted by molar-refractivity contribution is 5.82. The number of likely N-dealkylation sites (tertiary alicyclic amines) is 1. The molecule has 1 saturated heterocycles. The maximum Gasteiger partial charge on any atom is 0.226 e. The van der Waals surface area contributed by atoms with Crippen molar-refractivity contribution in [1.29, 1.82) is 0 Å². The molecule has 3 fully saturated rings. The van der Waals surface area contributed by atoms with Gasteiger partial charge in [-0.3, -0.25) is 4.79 Å². The Morgan fingerprint density at radius 2 is 2.06 bits per heavy atom. The van der Waals surface area contributed by atoms with Crippen molar-refractivity contribution in [2.45, 2.75) is 25.7 Å². The molecule has 0 spiro atoms. The fourth-order valence-corrected chi connectivity index (χ4v) is 3.89. The van der Waals surface area contributed by atoms with Crippen molar-refractivity contribution in [3.8, 4) is 0 Å². The summed E-state index contributed by atoms with van der Waals surface area (Å²) in [5.41, 5.74) is 0. The molecule has 3 rings (SSSR count). The van der Waals surface area contributed by atoms with Gasteiger partial charge >= 0.3 is 0 Å². The molecule has 3 aliphatic rings. The summed E-state index contributed by atoms with van der Waals surface area (Å²) >= 11 is 0. The third kappa shape index (κ3) is 1.65. The van der Waals surface area contributed by atoms with E-state index in [2.05, 4.69) is 10.2 Å². The van der Waals surface area contributed by atoms with Gasteiger partial charge in [0.2, 0.25) is 5.91 Å². The summed E-state index contributed by atoms with van der Waals surface area (Å²) in [6.07, 6.45) is 5.18. The Hall–Kier alpha value is -0.570. The van der Waals surface area contributed by atoms with Gasteiger partial charge in [-0.05, 0) is 50.6 Å². The minimum Gasteiger partial charge on any atom is -0.342 e. The van der Waals surface area contributed by atoms with Crippen LogP contribution in [0.3, 0.4) is 0 Å². The van der Waals surface area contributed by atoms with Gasteiger partial charge in [0.1, 0.15) is 0 Å². The number of fused-ring (bicyclic) bond motifs is 1. The summed E-state index contributed by atoms with van der Waals surface area (Å²) in [7, 11) is 2.00. The van der Waals surface area contributed by atoms with Crippen LogP contribution in [-0.4, -0.2) is 37.5 Å². The summed E-state index contributed by atoms with van der Waals surface area (Å²) in [4.78, 5) is 14.4. The van der Waals surface area contributed by atoms with E-state index in [1.54, 1.807) is 0 Å². The molecular formula is C13H22N2O. The number of carbonyl (C=O) groups excluding carboxylic acids is 1. The molecule has 2 aliphatic carbocycles. The van der Waals surface area contributed by atoms with E-state index in [4.69, 9.17) is 0 Å². The third-order valence-electron chi connectivity index (χ3n) is 4.78. The van der Waals surface area contributed by atoms with E-state index in [9.17, 15) is 4.79 Å². The molecule has 0 aromatic heterocycles. The van der Waals surface area contributed by atoms with E-state index in [-0.39, 0.29) is 0 Å². The summed E-state index contributed by atoms with van der Waals surface area (Å²) in [5.74, 6) is 3.15. The van der Waals surface area contributed by atoms with Gasteiger partial charge in [-0.15, -0.1) is 0 Å². The molecule has 90 valence electrons. The Bertz CT molecular complexity index is 282. The number of hydrogen-bond acceptors (Lipinski definition) is 2. The van der Waals surface area contributed by atoms with Crippen LogP contribution in [0.15, 0.2) is 0 Å². The maximum absolute atomic E-state index is 12.3. The van der Waals surface area contributed by atoms with Gasteiger partial charge < -0.3 is 10.2 Å². The zero-order valence-corrected chi connectivity index (χ0v) is 10.1. The van der Waals surface area contributed by atoms with Crippen molar-refractivity contribution < 1.29 is 4.79 Å². The molecule has 3 unspecified atom stereocenters. The molecule has 1 N–H and O–H groups in total. The lowest BCUT2D eigenvalue weighted by atomic mass is 10.1. The summed E-state index contributed by atoms with van der Waals surface area (Å²) in [6, 6.07) is 0. The number of nitrogens with zero attached hydrogens (tertiary/aromatic N) is 1. The molecular weight excluding hydrogens is 200 g/mol. The standard InChI is InChI=1S/C13H22N2O/c1-14-7-9-5-6-15(8-9)13(16)12-10-3-2-4-11(10)12/h9-12,14H,2-8H2,1H3. The van der Waals surface area contributed by atoms with Crippen molar-refractivity contribution in [3.05, 3.63) is 0 Å². The lowest BCUT2D eigenvalue weighted by Gasteiger charge is -2.17. The minimum atomic E-state index is 0.432. The minimum absolute atomic E-state index is 0.432. The van der Waals surface area contributed by atoms with Crippen LogP contribution in [0.4, 0.5) is 0 Å². The number of hydrogen-bond donors (Lipinski definition) is 1. The molecule has 3 heteroatoms. The fourth-order valence-electron chi connectivity index (χ4n) is 3.89. The van der Waals surface area contributed by atoms with Crippen LogP contribution in [0.2, 0.25) is 0 Å². The van der Waals surface area contributed by atoms with Crippen molar-refractivity contribution in [3.63, 3.8) is 0 Å². The van der Waals surface area contributed by atoms with E-state index in [0.29, 0.717) is 17.7 Å². The van der Waals surface area contributed by atoms with E-state index in [0.717, 1.165) is 31.5 Å². The average molecular weight is 222 g/mol. The van der Waals surface area contributed by atoms with Crippen molar-refractivity contribution in [1.82, 2.24) is 10.2 Å². The lowest BCUT2D eigenvalue weighted by molar-refractivity contribution is -0.132. The van der Waals surface area contributed by atoms with Crippen LogP contribution < -0.4 is 5.32 Å². The van der Waals surface area contributed by atoms with E-state index in [1.165, 1.54) is 25.7 Å². The predicted octanol–water partition coefficient (Wildman–Crippen LogP) is 1.10. The Morgan fingerprint density at radius 1 is 1.31 bits per heavy atom. The first-order valence-electron chi connectivity index (χ1n) is 6.74. The first-order chi connectivity index (χ1) is 7.81. The first kappa shape index (κ1) is 10.6. The topological polar surface area (TPSA) is 32.3 Å². The first-order valence-corrected chi connectivity index (χ1v) is 6.74. The van der Waals surface area contributed by atoms with Gasteiger partial charge in [0.25, 0.3) is 0 Å². The molecule has 2 saturated carbocycles. The lowest BCUT2D eigenvalue weighted by Crippen LogP contribution is -2.32. The number of nitrogens with one attached hydrogen (secondary N) is 1. The van der Waals surface area contributed by atoms with Gasteiger partial charge in [0, 0.05) is 19.0 Å². The molecule has 0 aromatic carbocycles. The van der Waals surface area contributed by atoms with Crippen LogP contribution in [0.1, 0.15) is 25.7 Å². The molecule has 0 aromatic rings. The molecule has 1 aliphatic heterocycles. The third-order valence-corrected chi connectivity index (χ3v) is 4.78. The van der Waals surface area contributed by atoms with Crippen LogP contribution >= 0.6 is 0 Å². The second-order valence-corrected chi connectivity index (χ2v) is 5.78. The molecule has 0 bridgehead atoms. The monoisotopic (exact) mass is 222 g/mol. The van der Waals surface area contributed by atoms with E-state index >= 15 is 0 Å². The quantitative estimate of drug-likeness (QED) is 0.775. The highest BCUT2D eigenvalue weighted by atomic mass is 16.2. The van der Waals surface area contributed by atoms with Crippen LogP contribution in [0.25, 0.3) is 0 Å². The van der Waals surface area contributed by atoms with Gasteiger partial charge in [-0.25, -0.2) is 0 Å². The molecule has 3 nitrogen and oxygen atoms in total. The summed E-state index contributed by atoms with van der Waals surface area (Å²) < 4.78 is 0. The summed E-state index contributed by atoms with van der Waals surface area (Å²) in [5, 5.41) is 3.22. The Labute approximate surface area is 97.6 Å². The largest absolute Gasteiger partial charge is 0.342 e. The molecule has 1 amide bonds. The van der Waals surface area contributed by atoms with Crippen LogP contribution in [0, 0.1) is 23.7 Å². The van der Waals surface area contributed by atoms with E-state index < -0.39 is 0 Å². The zero-order valence-electron chi connectivity index (χ0n) is 10.1. The Balaban J connectivity index is 1.53. The Morgan fingerprint density at radius 3 is 2.75 bits per heavy atom. The highest BCUT2D eigenvalue weighted by Gasteiger charge is 2.57. The van der Waals surface area contributed by atoms with Crippen molar-refractivity contribution >= 4 is 5.91 Å². The van der Waals surface area contributed by atoms with Gasteiger partial charge in [-0.1, -0.05) is 6.42 Å². The molecule has 0 radical (unpaired) electrons. The number of amides is 1. The van der Waals surface area contributed by atoms with Crippen molar-refractivity contribution in [2.75, 3.05) is 26.7 Å².